The summed E-state index contributed by atoms with van der Waals surface area (Å²) in [5.74, 6) is 0.642. The molecule has 1 aromatic heterocycles. The Hall–Kier alpha value is -2.30. The van der Waals surface area contributed by atoms with E-state index in [1.165, 1.54) is 0 Å². The molecule has 1 amide bonds. The first-order valence-electron chi connectivity index (χ1n) is 7.38. The van der Waals surface area contributed by atoms with Crippen LogP contribution in [0.1, 0.15) is 21.7 Å². The minimum absolute atomic E-state index is 0.242. The van der Waals surface area contributed by atoms with Gasteiger partial charge in [0.05, 0.1) is 16.3 Å². The molecule has 0 atom stereocenters. The van der Waals surface area contributed by atoms with Crippen molar-refractivity contribution >= 4 is 29.1 Å². The van der Waals surface area contributed by atoms with E-state index in [1.807, 2.05) is 42.0 Å². The number of nitrogens with zero attached hydrogens (tertiary/aromatic N) is 2. The molecule has 6 heteroatoms. The monoisotopic (exact) mass is 359 g/mol. The van der Waals surface area contributed by atoms with Gasteiger partial charge in [-0.05, 0) is 36.8 Å². The zero-order valence-electron chi connectivity index (χ0n) is 13.0. The highest BCUT2D eigenvalue weighted by molar-refractivity contribution is 6.36. The molecule has 0 radical (unpaired) electrons. The number of aryl methyl sites for hydroxylation is 1. The molecule has 4 nitrogen and oxygen atoms in total. The minimum Gasteiger partial charge on any atom is -0.348 e. The van der Waals surface area contributed by atoms with Crippen molar-refractivity contribution in [3.63, 3.8) is 0 Å². The van der Waals surface area contributed by atoms with Gasteiger partial charge in [0.1, 0.15) is 5.82 Å². The quantitative estimate of drug-likeness (QED) is 0.749. The van der Waals surface area contributed by atoms with E-state index in [9.17, 15) is 4.79 Å². The summed E-state index contributed by atoms with van der Waals surface area (Å²) in [7, 11) is 0. The van der Waals surface area contributed by atoms with Crippen LogP contribution in [0.5, 0.6) is 0 Å². The summed E-state index contributed by atoms with van der Waals surface area (Å²) in [5.41, 5.74) is 2.37. The molecule has 0 saturated carbocycles. The molecule has 122 valence electrons. The van der Waals surface area contributed by atoms with Crippen LogP contribution >= 0.6 is 23.2 Å². The molecule has 1 heterocycles. The topological polar surface area (TPSA) is 46.9 Å². The fourth-order valence-corrected chi connectivity index (χ4v) is 2.97. The van der Waals surface area contributed by atoms with Crippen LogP contribution in [0.4, 0.5) is 0 Å². The van der Waals surface area contributed by atoms with Crippen LogP contribution in [0.25, 0.3) is 5.69 Å². The lowest BCUT2D eigenvalue weighted by Crippen LogP contribution is -2.23. The zero-order chi connectivity index (χ0) is 17.1. The highest BCUT2D eigenvalue weighted by Gasteiger charge is 2.12. The summed E-state index contributed by atoms with van der Waals surface area (Å²) >= 11 is 11.9. The molecule has 0 bridgehead atoms. The number of hydrogen-bond acceptors (Lipinski definition) is 2. The van der Waals surface area contributed by atoms with Crippen molar-refractivity contribution < 1.29 is 4.79 Å². The summed E-state index contributed by atoms with van der Waals surface area (Å²) < 4.78 is 1.98. The van der Waals surface area contributed by atoms with Gasteiger partial charge in [-0.3, -0.25) is 4.79 Å². The number of carbonyl (C=O) groups excluding carboxylic acids is 1. The molecule has 2 aromatic carbocycles. The van der Waals surface area contributed by atoms with Gasteiger partial charge in [-0.2, -0.15) is 0 Å². The number of imidazole rings is 1. The average Bonchev–Trinajstić information content (AvgIpc) is 2.99. The van der Waals surface area contributed by atoms with Gasteiger partial charge >= 0.3 is 0 Å². The number of carbonyl (C=O) groups is 1. The van der Waals surface area contributed by atoms with Gasteiger partial charge in [-0.25, -0.2) is 4.98 Å². The number of halogens is 2. The predicted molar refractivity (Wildman–Crippen MR) is 95.9 cm³/mol. The Morgan fingerprint density at radius 1 is 1.21 bits per heavy atom. The molecule has 1 N–H and O–H groups in total. The first kappa shape index (κ1) is 16.6. The number of aromatic nitrogens is 2. The molecule has 3 aromatic rings. The normalized spacial score (nSPS) is 10.6. The lowest BCUT2D eigenvalue weighted by Gasteiger charge is -2.13. The summed E-state index contributed by atoms with van der Waals surface area (Å²) in [4.78, 5) is 16.6. The van der Waals surface area contributed by atoms with Crippen molar-refractivity contribution in [3.05, 3.63) is 81.9 Å². The minimum atomic E-state index is -0.242. The van der Waals surface area contributed by atoms with E-state index in [0.29, 0.717) is 22.2 Å². The van der Waals surface area contributed by atoms with Gasteiger partial charge in [0.25, 0.3) is 5.91 Å². The van der Waals surface area contributed by atoms with Gasteiger partial charge in [0.15, 0.2) is 0 Å². The largest absolute Gasteiger partial charge is 0.348 e. The third-order valence-corrected chi connectivity index (χ3v) is 4.24. The van der Waals surface area contributed by atoms with Gasteiger partial charge in [-0.1, -0.05) is 41.4 Å². The maximum Gasteiger partial charge on any atom is 0.253 e. The zero-order valence-corrected chi connectivity index (χ0v) is 14.5. The van der Waals surface area contributed by atoms with Crippen molar-refractivity contribution in [2.24, 2.45) is 0 Å². The van der Waals surface area contributed by atoms with Crippen molar-refractivity contribution in [2.75, 3.05) is 0 Å². The third kappa shape index (κ3) is 3.45. The molecule has 0 aliphatic rings. The molecular formula is C18H15Cl2N3O. The third-order valence-electron chi connectivity index (χ3n) is 3.69. The number of hydrogen-bond donors (Lipinski definition) is 1. The highest BCUT2D eigenvalue weighted by Crippen LogP contribution is 2.21. The second kappa shape index (κ2) is 7.07. The summed E-state index contributed by atoms with van der Waals surface area (Å²) in [6.45, 7) is 2.31. The fraction of sp³-hybridized carbons (Fsp3) is 0.111. The van der Waals surface area contributed by atoms with Crippen LogP contribution in [0.15, 0.2) is 54.9 Å². The van der Waals surface area contributed by atoms with E-state index in [0.717, 1.165) is 17.1 Å². The molecule has 0 aliphatic heterocycles. The van der Waals surface area contributed by atoms with Gasteiger partial charge in [0, 0.05) is 24.0 Å². The first-order chi connectivity index (χ1) is 11.6. The molecular weight excluding hydrogens is 345 g/mol. The molecule has 3 rings (SSSR count). The Morgan fingerprint density at radius 3 is 2.71 bits per heavy atom. The smallest absolute Gasteiger partial charge is 0.253 e. The Kier molecular flexibility index (Phi) is 4.88. The number of amides is 1. The Labute approximate surface area is 150 Å². The summed E-state index contributed by atoms with van der Waals surface area (Å²) in [5, 5.41) is 3.73. The lowest BCUT2D eigenvalue weighted by molar-refractivity contribution is 0.0951. The summed E-state index contributed by atoms with van der Waals surface area (Å²) in [6.07, 6.45) is 3.64. The summed E-state index contributed by atoms with van der Waals surface area (Å²) in [6, 6.07) is 12.7. The molecule has 0 fully saturated rings. The van der Waals surface area contributed by atoms with E-state index >= 15 is 0 Å². The molecule has 0 saturated heterocycles. The molecule has 0 unspecified atom stereocenters. The van der Waals surface area contributed by atoms with Crippen LogP contribution in [0, 0.1) is 6.92 Å². The Bertz CT molecular complexity index is 889. The Morgan fingerprint density at radius 2 is 2.00 bits per heavy atom. The molecule has 0 spiro atoms. The average molecular weight is 360 g/mol. The van der Waals surface area contributed by atoms with Gasteiger partial charge < -0.3 is 9.88 Å². The van der Waals surface area contributed by atoms with Crippen molar-refractivity contribution in [1.82, 2.24) is 14.9 Å². The van der Waals surface area contributed by atoms with Crippen molar-refractivity contribution in [1.29, 1.82) is 0 Å². The Balaban J connectivity index is 1.80. The lowest BCUT2D eigenvalue weighted by atomic mass is 10.1. The van der Waals surface area contributed by atoms with Crippen LogP contribution < -0.4 is 5.32 Å². The number of rotatable bonds is 4. The standard InChI is InChI=1S/C18H15Cl2N3O/c1-12-21-8-9-23(12)17-5-3-2-4-13(17)11-22-18(24)15-7-6-14(19)10-16(15)20/h2-10H,11H2,1H3,(H,22,24). The number of nitrogens with one attached hydrogen (secondary N) is 1. The fourth-order valence-electron chi connectivity index (χ4n) is 2.47. The van der Waals surface area contributed by atoms with Crippen molar-refractivity contribution in [3.8, 4) is 5.69 Å². The second-order valence-corrected chi connectivity index (χ2v) is 6.12. The van der Waals surface area contributed by atoms with E-state index in [2.05, 4.69) is 10.3 Å². The van der Waals surface area contributed by atoms with Crippen LogP contribution in [-0.4, -0.2) is 15.5 Å². The van der Waals surface area contributed by atoms with Crippen LogP contribution in [0.2, 0.25) is 10.0 Å². The van der Waals surface area contributed by atoms with E-state index < -0.39 is 0 Å². The first-order valence-corrected chi connectivity index (χ1v) is 8.13. The van der Waals surface area contributed by atoms with Crippen LogP contribution in [0.3, 0.4) is 0 Å². The van der Waals surface area contributed by atoms with Gasteiger partial charge in [0.2, 0.25) is 0 Å². The number of para-hydroxylation sites is 1. The van der Waals surface area contributed by atoms with Gasteiger partial charge in [-0.15, -0.1) is 0 Å². The van der Waals surface area contributed by atoms with Crippen molar-refractivity contribution in [2.45, 2.75) is 13.5 Å². The van der Waals surface area contributed by atoms with E-state index in [1.54, 1.807) is 24.4 Å². The molecule has 24 heavy (non-hydrogen) atoms. The second-order valence-electron chi connectivity index (χ2n) is 5.28. The predicted octanol–water partition coefficient (Wildman–Crippen LogP) is 4.42. The van der Waals surface area contributed by atoms with Crippen LogP contribution in [-0.2, 0) is 6.54 Å². The highest BCUT2D eigenvalue weighted by atomic mass is 35.5. The maximum atomic E-state index is 12.4. The number of benzene rings is 2. The molecule has 0 aliphatic carbocycles. The maximum absolute atomic E-state index is 12.4. The van der Waals surface area contributed by atoms with E-state index in [4.69, 9.17) is 23.2 Å². The SMILES string of the molecule is Cc1nccn1-c1ccccc1CNC(=O)c1ccc(Cl)cc1Cl. The van der Waals surface area contributed by atoms with E-state index in [-0.39, 0.29) is 5.91 Å².